The summed E-state index contributed by atoms with van der Waals surface area (Å²) in [5, 5.41) is 0. The van der Waals surface area contributed by atoms with Crippen molar-refractivity contribution in [3.63, 3.8) is 0 Å². The molecule has 0 bridgehead atoms. The molecule has 2 aromatic rings. The number of hydrogen-bond donors (Lipinski definition) is 2. The van der Waals surface area contributed by atoms with Crippen LogP contribution in [0.2, 0.25) is 0 Å². The summed E-state index contributed by atoms with van der Waals surface area (Å²) in [7, 11) is 1.50. The van der Waals surface area contributed by atoms with Gasteiger partial charge in [0.1, 0.15) is 11.6 Å². The molecule has 18 heavy (non-hydrogen) atoms. The van der Waals surface area contributed by atoms with Gasteiger partial charge in [-0.3, -0.25) is 10.8 Å². The first-order chi connectivity index (χ1) is 8.77. The average Bonchev–Trinajstić information content (AvgIpc) is 2.42. The highest BCUT2D eigenvalue weighted by molar-refractivity contribution is 5.41. The van der Waals surface area contributed by atoms with Crippen molar-refractivity contribution in [2.75, 3.05) is 7.11 Å². The van der Waals surface area contributed by atoms with E-state index in [1.165, 1.54) is 13.2 Å². The molecule has 0 aliphatic rings. The van der Waals surface area contributed by atoms with Crippen LogP contribution in [0.3, 0.4) is 0 Å². The van der Waals surface area contributed by atoms with Gasteiger partial charge < -0.3 is 4.74 Å². The molecule has 0 saturated heterocycles. The number of hydrogen-bond acceptors (Lipinski definition) is 4. The molecule has 4 nitrogen and oxygen atoms in total. The van der Waals surface area contributed by atoms with E-state index in [4.69, 9.17) is 10.6 Å². The van der Waals surface area contributed by atoms with Crippen LogP contribution in [0.25, 0.3) is 0 Å². The lowest BCUT2D eigenvalue weighted by Gasteiger charge is -2.19. The van der Waals surface area contributed by atoms with E-state index in [1.807, 2.05) is 6.07 Å². The number of pyridine rings is 1. The van der Waals surface area contributed by atoms with E-state index < -0.39 is 6.04 Å². The molecule has 0 spiro atoms. The van der Waals surface area contributed by atoms with Crippen LogP contribution in [0, 0.1) is 5.82 Å². The van der Waals surface area contributed by atoms with Gasteiger partial charge in [-0.1, -0.05) is 12.1 Å². The van der Waals surface area contributed by atoms with Gasteiger partial charge in [0.05, 0.1) is 18.7 Å². The van der Waals surface area contributed by atoms with Crippen LogP contribution in [0.4, 0.5) is 4.39 Å². The molecule has 0 aliphatic heterocycles. The minimum atomic E-state index is -0.505. The second-order valence-corrected chi connectivity index (χ2v) is 3.74. The van der Waals surface area contributed by atoms with Crippen LogP contribution < -0.4 is 16.0 Å². The van der Waals surface area contributed by atoms with Crippen LogP contribution in [0.5, 0.6) is 5.75 Å². The first-order valence-corrected chi connectivity index (χ1v) is 5.46. The third-order valence-electron chi connectivity index (χ3n) is 2.71. The van der Waals surface area contributed by atoms with Crippen molar-refractivity contribution in [1.29, 1.82) is 0 Å². The van der Waals surface area contributed by atoms with E-state index >= 15 is 0 Å². The molecule has 5 heteroatoms. The minimum absolute atomic E-state index is 0.371. The summed E-state index contributed by atoms with van der Waals surface area (Å²) in [6.07, 6.45) is 3.28. The Morgan fingerprint density at radius 2 is 2.17 bits per heavy atom. The highest BCUT2D eigenvalue weighted by Crippen LogP contribution is 2.31. The third-order valence-corrected chi connectivity index (χ3v) is 2.71. The van der Waals surface area contributed by atoms with Gasteiger partial charge in [-0.05, 0) is 23.8 Å². The number of hydrazine groups is 1. The number of nitrogens with zero attached hydrogens (tertiary/aromatic N) is 1. The number of halogens is 1. The maximum Gasteiger partial charge on any atom is 0.132 e. The SMILES string of the molecule is COc1cccc(F)c1C(NN)c1cccnc1. The van der Waals surface area contributed by atoms with Gasteiger partial charge in [0.2, 0.25) is 0 Å². The molecule has 1 aromatic carbocycles. The summed E-state index contributed by atoms with van der Waals surface area (Å²) in [4.78, 5) is 4.01. The largest absolute Gasteiger partial charge is 0.496 e. The predicted molar refractivity (Wildman–Crippen MR) is 66.4 cm³/mol. The molecule has 2 rings (SSSR count). The van der Waals surface area contributed by atoms with Crippen molar-refractivity contribution < 1.29 is 9.13 Å². The van der Waals surface area contributed by atoms with Crippen molar-refractivity contribution in [3.05, 3.63) is 59.7 Å². The zero-order chi connectivity index (χ0) is 13.0. The Labute approximate surface area is 105 Å². The number of aromatic nitrogens is 1. The van der Waals surface area contributed by atoms with E-state index in [0.29, 0.717) is 11.3 Å². The van der Waals surface area contributed by atoms with Gasteiger partial charge in [0.25, 0.3) is 0 Å². The predicted octanol–water partition coefficient (Wildman–Crippen LogP) is 1.78. The van der Waals surface area contributed by atoms with Gasteiger partial charge in [-0.25, -0.2) is 9.82 Å². The molecule has 0 aliphatic carbocycles. The van der Waals surface area contributed by atoms with Crippen LogP contribution in [0.15, 0.2) is 42.7 Å². The summed E-state index contributed by atoms with van der Waals surface area (Å²) in [6.45, 7) is 0. The lowest BCUT2D eigenvalue weighted by molar-refractivity contribution is 0.397. The molecular weight excluding hydrogens is 233 g/mol. The molecule has 0 saturated carbocycles. The Kier molecular flexibility index (Phi) is 3.86. The lowest BCUT2D eigenvalue weighted by Crippen LogP contribution is -2.30. The molecule has 1 heterocycles. The van der Waals surface area contributed by atoms with Crippen molar-refractivity contribution in [2.24, 2.45) is 5.84 Å². The van der Waals surface area contributed by atoms with Crippen molar-refractivity contribution in [3.8, 4) is 5.75 Å². The van der Waals surface area contributed by atoms with E-state index in [-0.39, 0.29) is 5.82 Å². The third kappa shape index (κ3) is 2.32. The Morgan fingerprint density at radius 1 is 1.33 bits per heavy atom. The van der Waals surface area contributed by atoms with E-state index in [2.05, 4.69) is 10.4 Å². The smallest absolute Gasteiger partial charge is 0.132 e. The average molecular weight is 247 g/mol. The lowest BCUT2D eigenvalue weighted by atomic mass is 9.99. The Hall–Kier alpha value is -1.98. The van der Waals surface area contributed by atoms with Gasteiger partial charge >= 0.3 is 0 Å². The highest BCUT2D eigenvalue weighted by Gasteiger charge is 2.21. The number of methoxy groups -OCH3 is 1. The summed E-state index contributed by atoms with van der Waals surface area (Å²) < 4.78 is 19.1. The Morgan fingerprint density at radius 3 is 2.78 bits per heavy atom. The van der Waals surface area contributed by atoms with Crippen LogP contribution in [0.1, 0.15) is 17.2 Å². The summed E-state index contributed by atoms with van der Waals surface area (Å²) in [6, 6.07) is 7.75. The first-order valence-electron chi connectivity index (χ1n) is 5.46. The minimum Gasteiger partial charge on any atom is -0.496 e. The van der Waals surface area contributed by atoms with Crippen molar-refractivity contribution in [2.45, 2.75) is 6.04 Å². The molecule has 1 atom stereocenters. The zero-order valence-corrected chi connectivity index (χ0v) is 9.93. The molecule has 3 N–H and O–H groups in total. The van der Waals surface area contributed by atoms with E-state index in [1.54, 1.807) is 30.6 Å². The Balaban J connectivity index is 2.52. The molecule has 0 fully saturated rings. The first kappa shape index (κ1) is 12.5. The van der Waals surface area contributed by atoms with Crippen molar-refractivity contribution in [1.82, 2.24) is 10.4 Å². The molecular formula is C13H14FN3O. The normalized spacial score (nSPS) is 12.2. The number of ether oxygens (including phenoxy) is 1. The zero-order valence-electron chi connectivity index (χ0n) is 9.93. The molecule has 1 unspecified atom stereocenters. The summed E-state index contributed by atoms with van der Waals surface area (Å²) in [5.41, 5.74) is 3.73. The van der Waals surface area contributed by atoms with Crippen LogP contribution in [-0.2, 0) is 0 Å². The summed E-state index contributed by atoms with van der Waals surface area (Å²) >= 11 is 0. The standard InChI is InChI=1S/C13H14FN3O/c1-18-11-6-2-5-10(14)12(11)13(17-15)9-4-3-7-16-8-9/h2-8,13,17H,15H2,1H3. The number of benzene rings is 1. The molecule has 94 valence electrons. The van der Waals surface area contributed by atoms with E-state index in [0.717, 1.165) is 5.56 Å². The van der Waals surface area contributed by atoms with Crippen molar-refractivity contribution >= 4 is 0 Å². The number of nitrogens with one attached hydrogen (secondary N) is 1. The van der Waals surface area contributed by atoms with Gasteiger partial charge in [-0.2, -0.15) is 0 Å². The fourth-order valence-electron chi connectivity index (χ4n) is 1.87. The fourth-order valence-corrected chi connectivity index (χ4v) is 1.87. The quantitative estimate of drug-likeness (QED) is 0.638. The van der Waals surface area contributed by atoms with E-state index in [9.17, 15) is 4.39 Å². The highest BCUT2D eigenvalue weighted by atomic mass is 19.1. The van der Waals surface area contributed by atoms with Crippen LogP contribution >= 0.6 is 0 Å². The topological polar surface area (TPSA) is 60.2 Å². The number of nitrogens with two attached hydrogens (primary N) is 1. The number of rotatable bonds is 4. The second kappa shape index (κ2) is 5.57. The fraction of sp³-hybridized carbons (Fsp3) is 0.154. The Bertz CT molecular complexity index is 519. The molecule has 1 aromatic heterocycles. The molecule has 0 radical (unpaired) electrons. The van der Waals surface area contributed by atoms with Gasteiger partial charge in [0.15, 0.2) is 0 Å². The maximum absolute atomic E-state index is 14.0. The summed E-state index contributed by atoms with van der Waals surface area (Å²) in [5.74, 6) is 5.60. The maximum atomic E-state index is 14.0. The second-order valence-electron chi connectivity index (χ2n) is 3.74. The monoisotopic (exact) mass is 247 g/mol. The van der Waals surface area contributed by atoms with Crippen LogP contribution in [-0.4, -0.2) is 12.1 Å². The van der Waals surface area contributed by atoms with Gasteiger partial charge in [0, 0.05) is 12.4 Å². The van der Waals surface area contributed by atoms with Gasteiger partial charge in [-0.15, -0.1) is 0 Å². The molecule has 0 amide bonds.